The number of carboxylic acids is 1. The van der Waals surface area contributed by atoms with Crippen LogP contribution in [0.4, 0.5) is 0 Å². The van der Waals surface area contributed by atoms with Crippen molar-refractivity contribution < 1.29 is 19.4 Å². The van der Waals surface area contributed by atoms with Gasteiger partial charge in [0, 0.05) is 29.8 Å². The van der Waals surface area contributed by atoms with Crippen molar-refractivity contribution in [1.29, 1.82) is 0 Å². The first-order valence-corrected chi connectivity index (χ1v) is 8.87. The van der Waals surface area contributed by atoms with Gasteiger partial charge in [-0.1, -0.05) is 12.1 Å². The van der Waals surface area contributed by atoms with Crippen LogP contribution in [0.2, 0.25) is 0 Å². The molecule has 1 aromatic heterocycles. The summed E-state index contributed by atoms with van der Waals surface area (Å²) in [7, 11) is 3.30. The maximum Gasteiger partial charge on any atom is 0.335 e. The Morgan fingerprint density at radius 3 is 2.74 bits per heavy atom. The van der Waals surface area contributed by atoms with Crippen molar-refractivity contribution >= 4 is 16.9 Å². The maximum atomic E-state index is 11.0. The summed E-state index contributed by atoms with van der Waals surface area (Å²) in [4.78, 5) is 14.4. The van der Waals surface area contributed by atoms with Crippen LogP contribution in [0.3, 0.4) is 0 Å². The van der Waals surface area contributed by atoms with Gasteiger partial charge in [-0.25, -0.2) is 4.79 Å². The quantitative estimate of drug-likeness (QED) is 0.503. The molecule has 0 aliphatic heterocycles. The van der Waals surface area contributed by atoms with Crippen LogP contribution < -0.4 is 14.8 Å². The third-order valence-electron chi connectivity index (χ3n) is 4.49. The molecule has 0 saturated carbocycles. The maximum absolute atomic E-state index is 11.0. The van der Waals surface area contributed by atoms with E-state index in [0.717, 1.165) is 53.0 Å². The van der Waals surface area contributed by atoms with Gasteiger partial charge in [0.2, 0.25) is 0 Å². The molecule has 27 heavy (non-hydrogen) atoms. The highest BCUT2D eigenvalue weighted by molar-refractivity contribution is 5.88. The second-order valence-corrected chi connectivity index (χ2v) is 6.37. The fraction of sp³-hybridized carbons (Fsp3) is 0.286. The van der Waals surface area contributed by atoms with Gasteiger partial charge in [0.25, 0.3) is 0 Å². The molecule has 3 N–H and O–H groups in total. The number of aryl methyl sites for hydroxylation is 1. The molecule has 142 valence electrons. The summed E-state index contributed by atoms with van der Waals surface area (Å²) in [5.74, 6) is 0.656. The minimum atomic E-state index is -0.900. The Balaban J connectivity index is 1.53. The number of carboxylic acid groups (broad SMARTS) is 1. The zero-order valence-electron chi connectivity index (χ0n) is 15.5. The second kappa shape index (κ2) is 8.60. The molecule has 0 saturated heterocycles. The number of rotatable bonds is 9. The van der Waals surface area contributed by atoms with Crippen LogP contribution >= 0.6 is 0 Å². The number of aromatic carboxylic acids is 1. The van der Waals surface area contributed by atoms with Crippen LogP contribution in [0, 0.1) is 0 Å². The normalized spacial score (nSPS) is 10.9. The zero-order valence-corrected chi connectivity index (χ0v) is 15.5. The van der Waals surface area contributed by atoms with Gasteiger partial charge in [0.1, 0.15) is 11.5 Å². The van der Waals surface area contributed by atoms with E-state index in [0.29, 0.717) is 12.1 Å². The molecule has 3 rings (SSSR count). The molecule has 0 bridgehead atoms. The number of aromatic nitrogens is 1. The SMILES string of the molecule is COc1cc(OC)c2cc(CCCNCc3cccc(C(=O)O)c3)[nH]c2c1. The Kier molecular flexibility index (Phi) is 5.98. The lowest BCUT2D eigenvalue weighted by Gasteiger charge is -2.05. The van der Waals surface area contributed by atoms with E-state index in [9.17, 15) is 4.79 Å². The predicted molar refractivity (Wildman–Crippen MR) is 105 cm³/mol. The minimum Gasteiger partial charge on any atom is -0.497 e. The van der Waals surface area contributed by atoms with Crippen LogP contribution in [-0.4, -0.2) is 36.8 Å². The number of H-pyrrole nitrogens is 1. The average Bonchev–Trinajstić information content (AvgIpc) is 3.09. The molecule has 1 heterocycles. The van der Waals surface area contributed by atoms with Crippen LogP contribution in [0.15, 0.2) is 42.5 Å². The summed E-state index contributed by atoms with van der Waals surface area (Å²) < 4.78 is 10.8. The number of hydrogen-bond donors (Lipinski definition) is 3. The monoisotopic (exact) mass is 368 g/mol. The molecule has 3 aromatic rings. The van der Waals surface area contributed by atoms with E-state index in [1.54, 1.807) is 32.4 Å². The van der Waals surface area contributed by atoms with E-state index in [2.05, 4.69) is 16.4 Å². The number of fused-ring (bicyclic) bond motifs is 1. The summed E-state index contributed by atoms with van der Waals surface area (Å²) >= 11 is 0. The van der Waals surface area contributed by atoms with Crippen molar-refractivity contribution in [2.75, 3.05) is 20.8 Å². The predicted octanol–water partition coefficient (Wildman–Crippen LogP) is 3.61. The largest absolute Gasteiger partial charge is 0.497 e. The van der Waals surface area contributed by atoms with E-state index in [1.807, 2.05) is 18.2 Å². The van der Waals surface area contributed by atoms with Gasteiger partial charge in [0.15, 0.2) is 0 Å². The Bertz CT molecular complexity index is 933. The number of methoxy groups -OCH3 is 2. The molecule has 2 aromatic carbocycles. The zero-order chi connectivity index (χ0) is 19.2. The first kappa shape index (κ1) is 18.8. The van der Waals surface area contributed by atoms with Gasteiger partial charge in [0.05, 0.1) is 25.3 Å². The van der Waals surface area contributed by atoms with Gasteiger partial charge >= 0.3 is 5.97 Å². The Hall–Kier alpha value is -2.99. The molecule has 0 spiro atoms. The first-order chi connectivity index (χ1) is 13.1. The first-order valence-electron chi connectivity index (χ1n) is 8.87. The van der Waals surface area contributed by atoms with Crippen molar-refractivity contribution in [2.24, 2.45) is 0 Å². The molecule has 0 aliphatic carbocycles. The number of nitrogens with one attached hydrogen (secondary N) is 2. The molecule has 0 aliphatic rings. The number of aromatic amines is 1. The van der Waals surface area contributed by atoms with Gasteiger partial charge < -0.3 is 24.9 Å². The summed E-state index contributed by atoms with van der Waals surface area (Å²) in [5, 5.41) is 13.4. The lowest BCUT2D eigenvalue weighted by atomic mass is 10.1. The van der Waals surface area contributed by atoms with Crippen molar-refractivity contribution in [3.05, 3.63) is 59.3 Å². The standard InChI is InChI=1S/C21H24N2O4/c1-26-17-11-19-18(20(12-17)27-2)10-16(23-19)7-4-8-22-13-14-5-3-6-15(9-14)21(24)25/h3,5-6,9-12,22-23H,4,7-8,13H2,1-2H3,(H,24,25). The van der Waals surface area contributed by atoms with Gasteiger partial charge in [-0.05, 0) is 43.1 Å². The van der Waals surface area contributed by atoms with Crippen molar-refractivity contribution in [1.82, 2.24) is 10.3 Å². The molecular formula is C21H24N2O4. The van der Waals surface area contributed by atoms with Gasteiger partial charge in [-0.3, -0.25) is 0 Å². The molecular weight excluding hydrogens is 344 g/mol. The van der Waals surface area contributed by atoms with Crippen molar-refractivity contribution in [3.8, 4) is 11.5 Å². The third-order valence-corrected chi connectivity index (χ3v) is 4.49. The van der Waals surface area contributed by atoms with Crippen LogP contribution in [0.25, 0.3) is 10.9 Å². The summed E-state index contributed by atoms with van der Waals surface area (Å²) in [6.07, 6.45) is 1.87. The van der Waals surface area contributed by atoms with Crippen LogP contribution in [0.5, 0.6) is 11.5 Å². The highest BCUT2D eigenvalue weighted by Crippen LogP contribution is 2.31. The number of ether oxygens (including phenoxy) is 2. The van der Waals surface area contributed by atoms with E-state index in [-0.39, 0.29) is 0 Å². The third kappa shape index (κ3) is 4.60. The Morgan fingerprint density at radius 2 is 2.00 bits per heavy atom. The summed E-state index contributed by atoms with van der Waals surface area (Å²) in [5.41, 5.74) is 3.43. The molecule has 0 radical (unpaired) electrons. The van der Waals surface area contributed by atoms with Crippen molar-refractivity contribution in [2.45, 2.75) is 19.4 Å². The highest BCUT2D eigenvalue weighted by Gasteiger charge is 2.09. The fourth-order valence-electron chi connectivity index (χ4n) is 3.11. The van der Waals surface area contributed by atoms with E-state index >= 15 is 0 Å². The highest BCUT2D eigenvalue weighted by atomic mass is 16.5. The molecule has 0 amide bonds. The van der Waals surface area contributed by atoms with Crippen molar-refractivity contribution in [3.63, 3.8) is 0 Å². The molecule has 6 heteroatoms. The Morgan fingerprint density at radius 1 is 1.15 bits per heavy atom. The van der Waals surface area contributed by atoms with Crippen LogP contribution in [-0.2, 0) is 13.0 Å². The van der Waals surface area contributed by atoms with Gasteiger partial charge in [-0.2, -0.15) is 0 Å². The number of hydrogen-bond acceptors (Lipinski definition) is 4. The number of benzene rings is 2. The Labute approximate surface area is 158 Å². The lowest BCUT2D eigenvalue weighted by Crippen LogP contribution is -2.15. The average molecular weight is 368 g/mol. The minimum absolute atomic E-state index is 0.316. The summed E-state index contributed by atoms with van der Waals surface area (Å²) in [6, 6.07) is 13.0. The second-order valence-electron chi connectivity index (χ2n) is 6.37. The van der Waals surface area contributed by atoms with E-state index in [1.165, 1.54) is 0 Å². The van der Waals surface area contributed by atoms with E-state index in [4.69, 9.17) is 14.6 Å². The summed E-state index contributed by atoms with van der Waals surface area (Å²) in [6.45, 7) is 1.49. The van der Waals surface area contributed by atoms with Gasteiger partial charge in [-0.15, -0.1) is 0 Å². The molecule has 0 atom stereocenters. The van der Waals surface area contributed by atoms with Crippen LogP contribution in [0.1, 0.15) is 28.0 Å². The lowest BCUT2D eigenvalue weighted by molar-refractivity contribution is 0.0696. The fourth-order valence-corrected chi connectivity index (χ4v) is 3.11. The smallest absolute Gasteiger partial charge is 0.335 e. The van der Waals surface area contributed by atoms with E-state index < -0.39 is 5.97 Å². The topological polar surface area (TPSA) is 83.6 Å². The molecule has 0 unspecified atom stereocenters. The molecule has 0 fully saturated rings. The number of carbonyl (C=O) groups is 1. The molecule has 6 nitrogen and oxygen atoms in total.